The Morgan fingerprint density at radius 2 is 1.88 bits per heavy atom. The largest absolute Gasteiger partial charge is 0.444 e. The van der Waals surface area contributed by atoms with Crippen LogP contribution in [0, 0.1) is 0 Å². The predicted octanol–water partition coefficient (Wildman–Crippen LogP) is 2.95. The van der Waals surface area contributed by atoms with Crippen LogP contribution < -0.4 is 10.8 Å². The van der Waals surface area contributed by atoms with Crippen LogP contribution in [0.15, 0.2) is 30.3 Å². The maximum absolute atomic E-state index is 12.2. The van der Waals surface area contributed by atoms with Crippen molar-refractivity contribution in [2.75, 3.05) is 6.54 Å². The van der Waals surface area contributed by atoms with Crippen LogP contribution in [-0.2, 0) is 16.0 Å². The van der Waals surface area contributed by atoms with Gasteiger partial charge in [0.15, 0.2) is 0 Å². The van der Waals surface area contributed by atoms with E-state index >= 15 is 0 Å². The highest BCUT2D eigenvalue weighted by atomic mass is 16.7. The smallest absolute Gasteiger partial charge is 0.407 e. The first-order valence-corrected chi connectivity index (χ1v) is 9.43. The molecule has 1 fully saturated rings. The van der Waals surface area contributed by atoms with Crippen LogP contribution in [-0.4, -0.2) is 41.6 Å². The number of ether oxygens (including phenoxy) is 1. The zero-order chi connectivity index (χ0) is 19.0. The van der Waals surface area contributed by atoms with E-state index in [0.717, 1.165) is 18.4 Å². The molecule has 146 valence electrons. The van der Waals surface area contributed by atoms with Gasteiger partial charge in [-0.1, -0.05) is 43.2 Å². The Kier molecular flexibility index (Phi) is 7.87. The quantitative estimate of drug-likeness (QED) is 0.618. The van der Waals surface area contributed by atoms with E-state index in [4.69, 9.17) is 9.57 Å². The van der Waals surface area contributed by atoms with Gasteiger partial charge in [-0.05, 0) is 45.6 Å². The fourth-order valence-corrected chi connectivity index (χ4v) is 3.01. The number of aliphatic hydroxyl groups is 1. The molecule has 0 bridgehead atoms. The van der Waals surface area contributed by atoms with Gasteiger partial charge < -0.3 is 15.2 Å². The molecule has 0 aromatic heterocycles. The summed E-state index contributed by atoms with van der Waals surface area (Å²) in [7, 11) is 0. The summed E-state index contributed by atoms with van der Waals surface area (Å²) in [5, 5.41) is 13.4. The van der Waals surface area contributed by atoms with Crippen molar-refractivity contribution < 1.29 is 19.5 Å². The summed E-state index contributed by atoms with van der Waals surface area (Å²) in [5.41, 5.74) is 3.32. The van der Waals surface area contributed by atoms with Gasteiger partial charge in [0.2, 0.25) is 0 Å². The molecule has 0 saturated heterocycles. The predicted molar refractivity (Wildman–Crippen MR) is 101 cm³/mol. The van der Waals surface area contributed by atoms with E-state index in [2.05, 4.69) is 10.8 Å². The van der Waals surface area contributed by atoms with Crippen LogP contribution in [0.4, 0.5) is 4.79 Å². The van der Waals surface area contributed by atoms with Crippen molar-refractivity contribution in [1.82, 2.24) is 10.8 Å². The fourth-order valence-electron chi connectivity index (χ4n) is 3.01. The van der Waals surface area contributed by atoms with E-state index < -0.39 is 23.8 Å². The summed E-state index contributed by atoms with van der Waals surface area (Å²) in [6.45, 7) is 5.68. The summed E-state index contributed by atoms with van der Waals surface area (Å²) < 4.78 is 5.33. The molecule has 0 aliphatic heterocycles. The first-order chi connectivity index (χ1) is 12.3. The first kappa shape index (κ1) is 20.7. The lowest BCUT2D eigenvalue weighted by molar-refractivity contribution is -0.0418. The number of hydrogen-bond donors (Lipinski definition) is 3. The second-order valence-electron chi connectivity index (χ2n) is 7.88. The van der Waals surface area contributed by atoms with Crippen LogP contribution in [0.5, 0.6) is 0 Å². The second kappa shape index (κ2) is 9.90. The molecular weight excluding hydrogens is 332 g/mol. The monoisotopic (exact) mass is 364 g/mol. The standard InChI is InChI=1S/C20H32N2O4/c1-20(2,3)25-19(24)22-17(13-15-9-5-4-6-10-15)18(23)14-21-26-16-11-7-8-12-16/h4-6,9-10,16-18,21,23H,7-8,11-14H2,1-3H3,(H,22,24). The highest BCUT2D eigenvalue weighted by molar-refractivity contribution is 5.68. The Morgan fingerprint density at radius 3 is 2.50 bits per heavy atom. The second-order valence-corrected chi connectivity index (χ2v) is 7.88. The minimum atomic E-state index is -0.802. The normalized spacial score (nSPS) is 17.7. The number of alkyl carbamates (subject to hydrolysis) is 1. The summed E-state index contributed by atoms with van der Waals surface area (Å²) in [4.78, 5) is 17.8. The molecule has 6 nitrogen and oxygen atoms in total. The number of amides is 1. The van der Waals surface area contributed by atoms with Crippen LogP contribution in [0.1, 0.15) is 52.0 Å². The molecule has 2 atom stereocenters. The minimum absolute atomic E-state index is 0.216. The molecule has 2 unspecified atom stereocenters. The molecule has 0 radical (unpaired) electrons. The lowest BCUT2D eigenvalue weighted by atomic mass is 10.0. The number of hydroxylamine groups is 1. The van der Waals surface area contributed by atoms with Crippen molar-refractivity contribution in [2.24, 2.45) is 0 Å². The van der Waals surface area contributed by atoms with E-state index in [1.807, 2.05) is 51.1 Å². The third kappa shape index (κ3) is 7.72. The van der Waals surface area contributed by atoms with Gasteiger partial charge in [-0.25, -0.2) is 4.79 Å². The molecule has 1 amide bonds. The third-order valence-electron chi connectivity index (χ3n) is 4.31. The molecule has 2 rings (SSSR count). The highest BCUT2D eigenvalue weighted by Gasteiger charge is 2.25. The van der Waals surface area contributed by atoms with Crippen molar-refractivity contribution in [3.05, 3.63) is 35.9 Å². The van der Waals surface area contributed by atoms with Gasteiger partial charge >= 0.3 is 6.09 Å². The van der Waals surface area contributed by atoms with Gasteiger partial charge in [-0.2, -0.15) is 5.48 Å². The maximum atomic E-state index is 12.2. The molecule has 6 heteroatoms. The average Bonchev–Trinajstić information content (AvgIpc) is 3.06. The van der Waals surface area contributed by atoms with E-state index in [0.29, 0.717) is 6.42 Å². The van der Waals surface area contributed by atoms with Crippen molar-refractivity contribution in [2.45, 2.75) is 76.7 Å². The number of nitrogens with one attached hydrogen (secondary N) is 2. The zero-order valence-electron chi connectivity index (χ0n) is 16.0. The van der Waals surface area contributed by atoms with Crippen molar-refractivity contribution in [3.63, 3.8) is 0 Å². The molecule has 3 N–H and O–H groups in total. The lowest BCUT2D eigenvalue weighted by Crippen LogP contribution is -2.50. The van der Waals surface area contributed by atoms with Crippen LogP contribution in [0.2, 0.25) is 0 Å². The fraction of sp³-hybridized carbons (Fsp3) is 0.650. The first-order valence-electron chi connectivity index (χ1n) is 9.43. The molecule has 26 heavy (non-hydrogen) atoms. The Bertz CT molecular complexity index is 538. The Morgan fingerprint density at radius 1 is 1.23 bits per heavy atom. The number of benzene rings is 1. The number of carbonyl (C=O) groups excluding carboxylic acids is 1. The van der Waals surface area contributed by atoms with Crippen LogP contribution in [0.3, 0.4) is 0 Å². The number of rotatable bonds is 8. The summed E-state index contributed by atoms with van der Waals surface area (Å²) in [6.07, 6.45) is 3.86. The van der Waals surface area contributed by atoms with Crippen LogP contribution in [0.25, 0.3) is 0 Å². The molecule has 1 aromatic rings. The average molecular weight is 364 g/mol. The lowest BCUT2D eigenvalue weighted by Gasteiger charge is -2.27. The molecule has 1 aromatic carbocycles. The maximum Gasteiger partial charge on any atom is 0.407 e. The molecule has 0 heterocycles. The van der Waals surface area contributed by atoms with Crippen molar-refractivity contribution in [3.8, 4) is 0 Å². The molecule has 1 aliphatic carbocycles. The highest BCUT2D eigenvalue weighted by Crippen LogP contribution is 2.19. The Balaban J connectivity index is 1.90. The molecule has 0 spiro atoms. The topological polar surface area (TPSA) is 79.8 Å². The summed E-state index contributed by atoms with van der Waals surface area (Å²) >= 11 is 0. The van der Waals surface area contributed by atoms with Gasteiger partial charge in [0.05, 0.1) is 18.2 Å². The Labute approximate surface area is 156 Å². The van der Waals surface area contributed by atoms with Crippen LogP contribution >= 0.6 is 0 Å². The van der Waals surface area contributed by atoms with E-state index in [1.54, 1.807) is 0 Å². The van der Waals surface area contributed by atoms with Gasteiger partial charge in [0, 0.05) is 6.54 Å². The summed E-state index contributed by atoms with van der Waals surface area (Å²) in [6, 6.07) is 9.28. The molecule has 1 aliphatic rings. The summed E-state index contributed by atoms with van der Waals surface area (Å²) in [5.74, 6) is 0. The van der Waals surface area contributed by atoms with E-state index in [1.165, 1.54) is 12.8 Å². The number of aliphatic hydroxyl groups excluding tert-OH is 1. The SMILES string of the molecule is CC(C)(C)OC(=O)NC(Cc1ccccc1)C(O)CNOC1CCCC1. The van der Waals surface area contributed by atoms with E-state index in [-0.39, 0.29) is 12.6 Å². The zero-order valence-corrected chi connectivity index (χ0v) is 16.0. The molecular formula is C20H32N2O4. The van der Waals surface area contributed by atoms with Crippen molar-refractivity contribution >= 4 is 6.09 Å². The number of hydrogen-bond acceptors (Lipinski definition) is 5. The number of carbonyl (C=O) groups is 1. The van der Waals surface area contributed by atoms with Gasteiger partial charge in [0.25, 0.3) is 0 Å². The molecule has 1 saturated carbocycles. The minimum Gasteiger partial charge on any atom is -0.444 e. The van der Waals surface area contributed by atoms with Gasteiger partial charge in [-0.15, -0.1) is 0 Å². The van der Waals surface area contributed by atoms with E-state index in [9.17, 15) is 9.90 Å². The third-order valence-corrected chi connectivity index (χ3v) is 4.31. The van der Waals surface area contributed by atoms with Gasteiger partial charge in [-0.3, -0.25) is 4.84 Å². The Hall–Kier alpha value is -1.63. The van der Waals surface area contributed by atoms with Gasteiger partial charge in [0.1, 0.15) is 5.60 Å². The van der Waals surface area contributed by atoms with Crippen molar-refractivity contribution in [1.29, 1.82) is 0 Å².